The van der Waals surface area contributed by atoms with E-state index in [1.807, 2.05) is 66.2 Å². The van der Waals surface area contributed by atoms with Crippen molar-refractivity contribution < 1.29 is 9.52 Å². The van der Waals surface area contributed by atoms with E-state index in [9.17, 15) is 5.11 Å². The van der Waals surface area contributed by atoms with Gasteiger partial charge in [0.25, 0.3) is 0 Å². The molecule has 0 fully saturated rings. The van der Waals surface area contributed by atoms with Gasteiger partial charge in [-0.1, -0.05) is 36.4 Å². The monoisotopic (exact) mass is 373 g/mol. The van der Waals surface area contributed by atoms with Crippen LogP contribution in [0, 0.1) is 0 Å². The Balaban J connectivity index is 1.74. The fourth-order valence-electron chi connectivity index (χ4n) is 3.11. The number of aromatic nitrogens is 3. The van der Waals surface area contributed by atoms with Gasteiger partial charge in [-0.05, 0) is 23.6 Å². The van der Waals surface area contributed by atoms with Gasteiger partial charge in [0, 0.05) is 11.8 Å². The maximum atomic E-state index is 10.8. The second kappa shape index (κ2) is 6.41. The molecule has 1 N–H and O–H groups in total. The molecule has 0 unspecified atom stereocenters. The Morgan fingerprint density at radius 1 is 1.00 bits per heavy atom. The van der Waals surface area contributed by atoms with E-state index in [1.165, 1.54) is 0 Å². The first-order chi connectivity index (χ1) is 13.3. The molecule has 0 atom stereocenters. The van der Waals surface area contributed by atoms with Gasteiger partial charge >= 0.3 is 0 Å². The average Bonchev–Trinajstić information content (AvgIpc) is 3.46. The van der Waals surface area contributed by atoms with Crippen molar-refractivity contribution in [3.05, 3.63) is 83.9 Å². The Bertz CT molecular complexity index is 1190. The molecule has 0 aliphatic heterocycles. The number of benzene rings is 1. The predicted molar refractivity (Wildman–Crippen MR) is 105 cm³/mol. The van der Waals surface area contributed by atoms with Gasteiger partial charge < -0.3 is 9.52 Å². The summed E-state index contributed by atoms with van der Waals surface area (Å²) in [5.74, 6) is 0.862. The van der Waals surface area contributed by atoms with Gasteiger partial charge in [0.2, 0.25) is 5.88 Å². The second-order valence-electron chi connectivity index (χ2n) is 6.15. The van der Waals surface area contributed by atoms with Crippen molar-refractivity contribution in [2.24, 2.45) is 0 Å². The van der Waals surface area contributed by atoms with E-state index in [2.05, 4.69) is 4.98 Å². The third-order valence-electron chi connectivity index (χ3n) is 4.40. The lowest BCUT2D eigenvalue weighted by atomic mass is 10.1. The summed E-state index contributed by atoms with van der Waals surface area (Å²) in [5, 5.41) is 12.8. The lowest BCUT2D eigenvalue weighted by Crippen LogP contribution is -1.95. The Kier molecular flexibility index (Phi) is 3.76. The highest BCUT2D eigenvalue weighted by molar-refractivity contribution is 7.13. The molecule has 5 rings (SSSR count). The predicted octanol–water partition coefficient (Wildman–Crippen LogP) is 5.01. The number of nitrogens with zero attached hydrogens (tertiary/aromatic N) is 3. The fourth-order valence-corrected chi connectivity index (χ4v) is 3.81. The van der Waals surface area contributed by atoms with Crippen molar-refractivity contribution in [3.63, 3.8) is 0 Å². The SMILES string of the molecule is Oc1c(Cc2ccco2)nc2c(-c3cccs3)nc(-c3ccccc3)cn12. The maximum Gasteiger partial charge on any atom is 0.219 e. The van der Waals surface area contributed by atoms with Crippen LogP contribution in [0.5, 0.6) is 5.88 Å². The number of fused-ring (bicyclic) bond motifs is 1. The number of thiophene rings is 1. The molecule has 0 saturated heterocycles. The van der Waals surface area contributed by atoms with E-state index in [0.717, 1.165) is 27.6 Å². The number of furan rings is 1. The fraction of sp³-hybridized carbons (Fsp3) is 0.0476. The van der Waals surface area contributed by atoms with Crippen molar-refractivity contribution in [2.45, 2.75) is 6.42 Å². The Labute approximate surface area is 159 Å². The lowest BCUT2D eigenvalue weighted by molar-refractivity contribution is 0.438. The van der Waals surface area contributed by atoms with Gasteiger partial charge in [-0.25, -0.2) is 9.97 Å². The van der Waals surface area contributed by atoms with Crippen LogP contribution in [0.2, 0.25) is 0 Å². The molecule has 4 aromatic heterocycles. The third kappa shape index (κ3) is 2.80. The maximum absolute atomic E-state index is 10.8. The molecule has 27 heavy (non-hydrogen) atoms. The summed E-state index contributed by atoms with van der Waals surface area (Å²) in [6.07, 6.45) is 3.87. The molecule has 0 aliphatic rings. The van der Waals surface area contributed by atoms with Gasteiger partial charge in [0.05, 0.1) is 23.3 Å². The van der Waals surface area contributed by atoms with Crippen LogP contribution < -0.4 is 0 Å². The van der Waals surface area contributed by atoms with Gasteiger partial charge in [-0.3, -0.25) is 4.40 Å². The van der Waals surface area contributed by atoms with Crippen molar-refractivity contribution in [2.75, 3.05) is 0 Å². The molecular weight excluding hydrogens is 358 g/mol. The molecule has 0 bridgehead atoms. The third-order valence-corrected chi connectivity index (χ3v) is 5.27. The Hall–Kier alpha value is -3.38. The number of rotatable bonds is 4. The van der Waals surface area contributed by atoms with Gasteiger partial charge in [0.1, 0.15) is 17.1 Å². The molecular formula is C21H15N3O2S. The van der Waals surface area contributed by atoms with Crippen LogP contribution in [0.15, 0.2) is 76.9 Å². The van der Waals surface area contributed by atoms with E-state index < -0.39 is 0 Å². The average molecular weight is 373 g/mol. The van der Waals surface area contributed by atoms with E-state index in [-0.39, 0.29) is 5.88 Å². The molecule has 4 heterocycles. The molecule has 0 radical (unpaired) electrons. The summed E-state index contributed by atoms with van der Waals surface area (Å²) in [6.45, 7) is 0. The van der Waals surface area contributed by atoms with Crippen molar-refractivity contribution in [1.82, 2.24) is 14.4 Å². The van der Waals surface area contributed by atoms with Gasteiger partial charge in [-0.15, -0.1) is 11.3 Å². The zero-order chi connectivity index (χ0) is 18.2. The van der Waals surface area contributed by atoms with Crippen molar-refractivity contribution in [3.8, 4) is 27.7 Å². The highest BCUT2D eigenvalue weighted by Crippen LogP contribution is 2.33. The van der Waals surface area contributed by atoms with Gasteiger partial charge in [-0.2, -0.15) is 0 Å². The molecule has 6 heteroatoms. The summed E-state index contributed by atoms with van der Waals surface area (Å²) >= 11 is 1.60. The highest BCUT2D eigenvalue weighted by atomic mass is 32.1. The molecule has 0 spiro atoms. The zero-order valence-electron chi connectivity index (χ0n) is 14.2. The number of hydrogen-bond acceptors (Lipinski definition) is 5. The van der Waals surface area contributed by atoms with Crippen LogP contribution in [0.25, 0.3) is 27.5 Å². The second-order valence-corrected chi connectivity index (χ2v) is 7.10. The number of hydrogen-bond donors (Lipinski definition) is 1. The topological polar surface area (TPSA) is 63.6 Å². The largest absolute Gasteiger partial charge is 0.493 e. The van der Waals surface area contributed by atoms with Crippen molar-refractivity contribution >= 4 is 17.0 Å². The molecule has 0 saturated carbocycles. The Morgan fingerprint density at radius 2 is 1.89 bits per heavy atom. The molecule has 1 aromatic carbocycles. The van der Waals surface area contributed by atoms with E-state index >= 15 is 0 Å². The van der Waals surface area contributed by atoms with Crippen LogP contribution in [0.3, 0.4) is 0 Å². The number of imidazole rings is 1. The minimum absolute atomic E-state index is 0.110. The summed E-state index contributed by atoms with van der Waals surface area (Å²) < 4.78 is 7.12. The van der Waals surface area contributed by atoms with Crippen LogP contribution in [0.4, 0.5) is 0 Å². The van der Waals surface area contributed by atoms with Crippen LogP contribution >= 0.6 is 11.3 Å². The summed E-state index contributed by atoms with van der Waals surface area (Å²) in [5.41, 5.74) is 3.72. The minimum Gasteiger partial charge on any atom is -0.493 e. The minimum atomic E-state index is 0.110. The summed E-state index contributed by atoms with van der Waals surface area (Å²) in [4.78, 5) is 10.5. The standard InChI is InChI=1S/C21H15N3O2S/c25-21-16(12-15-8-4-10-26-15)23-20-19(18-9-5-11-27-18)22-17(13-24(20)21)14-6-2-1-3-7-14/h1-11,13,25H,12H2. The molecule has 0 aliphatic carbocycles. The summed E-state index contributed by atoms with van der Waals surface area (Å²) in [7, 11) is 0. The lowest BCUT2D eigenvalue weighted by Gasteiger charge is -2.07. The first kappa shape index (κ1) is 15.8. The van der Waals surface area contributed by atoms with E-state index in [4.69, 9.17) is 9.40 Å². The van der Waals surface area contributed by atoms with Crippen LogP contribution in [-0.2, 0) is 6.42 Å². The van der Waals surface area contributed by atoms with E-state index in [1.54, 1.807) is 22.0 Å². The smallest absolute Gasteiger partial charge is 0.219 e. The zero-order valence-corrected chi connectivity index (χ0v) is 15.1. The number of aromatic hydroxyl groups is 1. The Morgan fingerprint density at radius 3 is 2.63 bits per heavy atom. The van der Waals surface area contributed by atoms with Crippen molar-refractivity contribution in [1.29, 1.82) is 0 Å². The molecule has 5 nitrogen and oxygen atoms in total. The highest BCUT2D eigenvalue weighted by Gasteiger charge is 2.19. The molecule has 0 amide bonds. The summed E-state index contributed by atoms with van der Waals surface area (Å²) in [6, 6.07) is 17.6. The van der Waals surface area contributed by atoms with Crippen LogP contribution in [-0.4, -0.2) is 19.5 Å². The first-order valence-corrected chi connectivity index (χ1v) is 9.40. The van der Waals surface area contributed by atoms with Crippen LogP contribution in [0.1, 0.15) is 11.5 Å². The first-order valence-electron chi connectivity index (χ1n) is 8.52. The van der Waals surface area contributed by atoms with E-state index in [0.29, 0.717) is 17.8 Å². The molecule has 132 valence electrons. The quantitative estimate of drug-likeness (QED) is 0.481. The normalized spacial score (nSPS) is 11.3. The molecule has 5 aromatic rings. The van der Waals surface area contributed by atoms with Gasteiger partial charge in [0.15, 0.2) is 5.65 Å².